The molecule has 0 aliphatic carbocycles. The van der Waals surface area contributed by atoms with Crippen molar-refractivity contribution >= 4 is 17.7 Å². The fraction of sp³-hybridized carbons (Fsp3) is 0. The summed E-state index contributed by atoms with van der Waals surface area (Å²) in [6.45, 7) is 0. The molecule has 0 amide bonds. The number of hydrogen-bond acceptors (Lipinski definition) is 3. The van der Waals surface area contributed by atoms with Gasteiger partial charge in [-0.25, -0.2) is 0 Å². The Hall–Kier alpha value is -1.55. The van der Waals surface area contributed by atoms with Crippen LogP contribution in [0.5, 0.6) is 5.75 Å². The Bertz CT molecular complexity index is 362. The fourth-order valence-corrected chi connectivity index (χ4v) is 0.908. The minimum Gasteiger partial charge on any atom is -0.507 e. The van der Waals surface area contributed by atoms with E-state index < -0.39 is 10.1 Å². The Labute approximate surface area is 79.2 Å². The molecular weight excluding hydrogens is 194 g/mol. The van der Waals surface area contributed by atoms with Crippen LogP contribution in [0.1, 0.15) is 5.56 Å². The van der Waals surface area contributed by atoms with E-state index in [1.54, 1.807) is 12.1 Å². The Kier molecular flexibility index (Phi) is 2.87. The van der Waals surface area contributed by atoms with Crippen LogP contribution in [-0.2, 0) is 0 Å². The van der Waals surface area contributed by atoms with Crippen LogP contribution >= 0.6 is 11.6 Å². The lowest BCUT2D eigenvalue weighted by Gasteiger charge is -1.95. The number of nitrogens with zero attached hydrogens (tertiary/aromatic N) is 1. The number of para-hydroxylation sites is 1. The maximum atomic E-state index is 10.1. The average molecular weight is 200 g/mol. The van der Waals surface area contributed by atoms with Crippen molar-refractivity contribution in [1.82, 2.24) is 0 Å². The molecule has 1 N–H and O–H groups in total. The second kappa shape index (κ2) is 3.91. The van der Waals surface area contributed by atoms with Gasteiger partial charge in [-0.2, -0.15) is 0 Å². The van der Waals surface area contributed by atoms with Crippen molar-refractivity contribution in [2.24, 2.45) is 0 Å². The topological polar surface area (TPSA) is 63.4 Å². The highest BCUT2D eigenvalue weighted by Gasteiger charge is 2.06. The molecule has 68 valence electrons. The average Bonchev–Trinajstić information content (AvgIpc) is 2.08. The Balaban J connectivity index is 3.04. The molecule has 1 aromatic rings. The second-order valence-electron chi connectivity index (χ2n) is 2.28. The van der Waals surface area contributed by atoms with Gasteiger partial charge in [0.25, 0.3) is 0 Å². The van der Waals surface area contributed by atoms with Crippen LogP contribution in [0.25, 0.3) is 6.08 Å². The molecule has 0 radical (unpaired) electrons. The highest BCUT2D eigenvalue weighted by Crippen LogP contribution is 2.20. The molecule has 0 aliphatic heterocycles. The number of halogens is 1. The van der Waals surface area contributed by atoms with Gasteiger partial charge in [0.1, 0.15) is 5.75 Å². The number of aromatic hydroxyl groups is 1. The van der Waals surface area contributed by atoms with Gasteiger partial charge in [-0.3, -0.25) is 10.1 Å². The van der Waals surface area contributed by atoms with E-state index in [9.17, 15) is 15.2 Å². The van der Waals surface area contributed by atoms with Crippen molar-refractivity contribution in [3.8, 4) is 5.75 Å². The summed E-state index contributed by atoms with van der Waals surface area (Å²) in [5.74, 6) is -0.0394. The molecule has 0 aliphatic rings. The first-order valence-corrected chi connectivity index (χ1v) is 3.78. The van der Waals surface area contributed by atoms with Gasteiger partial charge in [-0.05, 0) is 17.7 Å². The van der Waals surface area contributed by atoms with Gasteiger partial charge in [-0.15, -0.1) is 0 Å². The first-order chi connectivity index (χ1) is 6.11. The number of rotatable bonds is 2. The molecule has 1 aromatic carbocycles. The predicted molar refractivity (Wildman–Crippen MR) is 48.9 cm³/mol. The lowest BCUT2D eigenvalue weighted by molar-refractivity contribution is -0.410. The molecule has 0 saturated heterocycles. The van der Waals surface area contributed by atoms with Crippen molar-refractivity contribution in [1.29, 1.82) is 0 Å². The second-order valence-corrected chi connectivity index (χ2v) is 2.67. The molecule has 0 aromatic heterocycles. The SMILES string of the molecule is O=[N+]([O-])C(Cl)=Cc1ccccc1O. The first-order valence-electron chi connectivity index (χ1n) is 3.41. The minimum absolute atomic E-state index is 0.0394. The molecule has 0 atom stereocenters. The minimum atomic E-state index is -0.728. The van der Waals surface area contributed by atoms with Crippen molar-refractivity contribution in [2.75, 3.05) is 0 Å². The molecule has 0 fully saturated rings. The molecule has 0 spiro atoms. The summed E-state index contributed by atoms with van der Waals surface area (Å²) >= 11 is 5.27. The molecule has 0 unspecified atom stereocenters. The van der Waals surface area contributed by atoms with Crippen LogP contribution in [-0.4, -0.2) is 10.0 Å². The normalized spacial score (nSPS) is 11.3. The van der Waals surface area contributed by atoms with Gasteiger partial charge in [0.05, 0.1) is 4.92 Å². The zero-order valence-electron chi connectivity index (χ0n) is 6.48. The summed E-state index contributed by atoms with van der Waals surface area (Å²) in [5.41, 5.74) is 0.323. The van der Waals surface area contributed by atoms with Gasteiger partial charge in [0.15, 0.2) is 0 Å². The maximum absolute atomic E-state index is 10.1. The van der Waals surface area contributed by atoms with Crippen molar-refractivity contribution in [3.63, 3.8) is 0 Å². The molecule has 13 heavy (non-hydrogen) atoms. The molecule has 1 rings (SSSR count). The smallest absolute Gasteiger partial charge is 0.337 e. The number of phenolic OH excluding ortho intramolecular Hbond substituents is 1. The lowest BCUT2D eigenvalue weighted by Crippen LogP contribution is -1.90. The summed E-state index contributed by atoms with van der Waals surface area (Å²) in [5, 5.41) is 18.8. The molecule has 0 bridgehead atoms. The Morgan fingerprint density at radius 3 is 2.69 bits per heavy atom. The molecule has 5 heteroatoms. The maximum Gasteiger partial charge on any atom is 0.337 e. The van der Waals surface area contributed by atoms with Crippen LogP contribution in [0.2, 0.25) is 0 Å². The Morgan fingerprint density at radius 2 is 2.15 bits per heavy atom. The molecule has 0 saturated carbocycles. The van der Waals surface area contributed by atoms with Crippen molar-refractivity contribution in [2.45, 2.75) is 0 Å². The summed E-state index contributed by atoms with van der Waals surface area (Å²) in [6.07, 6.45) is 1.09. The monoisotopic (exact) mass is 199 g/mol. The fourth-order valence-electron chi connectivity index (χ4n) is 0.791. The number of nitro groups is 1. The van der Waals surface area contributed by atoms with Crippen LogP contribution in [0.4, 0.5) is 0 Å². The van der Waals surface area contributed by atoms with Crippen LogP contribution in [0.3, 0.4) is 0 Å². The van der Waals surface area contributed by atoms with Gasteiger partial charge in [-0.1, -0.05) is 18.2 Å². The number of benzene rings is 1. The number of phenols is 1. The van der Waals surface area contributed by atoms with Crippen LogP contribution in [0, 0.1) is 10.1 Å². The zero-order valence-corrected chi connectivity index (χ0v) is 7.23. The standard InChI is InChI=1S/C8H6ClNO3/c9-8(10(12)13)5-6-3-1-2-4-7(6)11/h1-5,11H. The number of hydrogen-bond donors (Lipinski definition) is 1. The van der Waals surface area contributed by atoms with E-state index >= 15 is 0 Å². The van der Waals surface area contributed by atoms with E-state index in [1.807, 2.05) is 0 Å². The third kappa shape index (κ3) is 2.45. The third-order valence-corrected chi connectivity index (χ3v) is 1.63. The highest BCUT2D eigenvalue weighted by atomic mass is 35.5. The van der Waals surface area contributed by atoms with Gasteiger partial charge >= 0.3 is 5.16 Å². The van der Waals surface area contributed by atoms with E-state index in [0.717, 1.165) is 6.08 Å². The van der Waals surface area contributed by atoms with Crippen LogP contribution < -0.4 is 0 Å². The Morgan fingerprint density at radius 1 is 1.54 bits per heavy atom. The molecular formula is C8H6ClNO3. The highest BCUT2D eigenvalue weighted by molar-refractivity contribution is 6.29. The van der Waals surface area contributed by atoms with Gasteiger partial charge < -0.3 is 5.11 Å². The summed E-state index contributed by atoms with van der Waals surface area (Å²) in [6, 6.07) is 6.22. The quantitative estimate of drug-likeness (QED) is 0.451. The molecule has 4 nitrogen and oxygen atoms in total. The van der Waals surface area contributed by atoms with E-state index in [-0.39, 0.29) is 5.75 Å². The third-order valence-electron chi connectivity index (χ3n) is 1.39. The lowest BCUT2D eigenvalue weighted by atomic mass is 10.2. The first kappa shape index (κ1) is 9.54. The van der Waals surface area contributed by atoms with E-state index in [2.05, 4.69) is 0 Å². The summed E-state index contributed by atoms with van der Waals surface area (Å²) in [7, 11) is 0. The summed E-state index contributed by atoms with van der Waals surface area (Å²) in [4.78, 5) is 9.41. The van der Waals surface area contributed by atoms with E-state index in [4.69, 9.17) is 11.6 Å². The van der Waals surface area contributed by atoms with Crippen molar-refractivity contribution in [3.05, 3.63) is 45.1 Å². The van der Waals surface area contributed by atoms with Gasteiger partial charge in [0, 0.05) is 11.6 Å². The van der Waals surface area contributed by atoms with Crippen molar-refractivity contribution < 1.29 is 10.0 Å². The van der Waals surface area contributed by atoms with Gasteiger partial charge in [0.2, 0.25) is 0 Å². The zero-order chi connectivity index (χ0) is 9.84. The summed E-state index contributed by atoms with van der Waals surface area (Å²) < 4.78 is 0. The van der Waals surface area contributed by atoms with E-state index in [0.29, 0.717) is 5.56 Å². The van der Waals surface area contributed by atoms with Crippen LogP contribution in [0.15, 0.2) is 29.4 Å². The predicted octanol–water partition coefficient (Wildman–Crippen LogP) is 2.21. The largest absolute Gasteiger partial charge is 0.507 e. The molecule has 0 heterocycles. The van der Waals surface area contributed by atoms with E-state index in [1.165, 1.54) is 12.1 Å².